The van der Waals surface area contributed by atoms with Crippen molar-refractivity contribution in [3.05, 3.63) is 12.7 Å². The SMILES string of the molecule is C=CCOC(=O)N1CC(C(=O)O)(C2CCOCC2)C1. The molecule has 6 heteroatoms. The first-order chi connectivity index (χ1) is 9.10. The molecule has 2 rings (SSSR count). The molecule has 2 aliphatic rings. The number of carboxylic acids is 1. The molecule has 19 heavy (non-hydrogen) atoms. The van der Waals surface area contributed by atoms with Gasteiger partial charge in [0.25, 0.3) is 0 Å². The van der Waals surface area contributed by atoms with Crippen LogP contribution in [-0.4, -0.2) is 55.0 Å². The lowest BCUT2D eigenvalue weighted by atomic mass is 9.66. The van der Waals surface area contributed by atoms with Gasteiger partial charge in [0.2, 0.25) is 0 Å². The minimum atomic E-state index is -0.827. The van der Waals surface area contributed by atoms with Crippen LogP contribution in [0.1, 0.15) is 12.8 Å². The third-order valence-electron chi connectivity index (χ3n) is 3.96. The van der Waals surface area contributed by atoms with Crippen molar-refractivity contribution in [1.82, 2.24) is 4.90 Å². The second-order valence-electron chi connectivity index (χ2n) is 5.07. The van der Waals surface area contributed by atoms with Gasteiger partial charge in [0.05, 0.1) is 0 Å². The summed E-state index contributed by atoms with van der Waals surface area (Å²) in [4.78, 5) is 24.6. The number of aliphatic carboxylic acids is 1. The molecule has 106 valence electrons. The normalized spacial score (nSPS) is 22.4. The van der Waals surface area contributed by atoms with Crippen LogP contribution in [0, 0.1) is 11.3 Å². The molecular formula is C13H19NO5. The number of carbonyl (C=O) groups excluding carboxylic acids is 1. The zero-order chi connectivity index (χ0) is 13.9. The molecule has 0 radical (unpaired) electrons. The molecule has 0 aromatic heterocycles. The molecular weight excluding hydrogens is 250 g/mol. The Hall–Kier alpha value is -1.56. The largest absolute Gasteiger partial charge is 0.481 e. The van der Waals surface area contributed by atoms with Gasteiger partial charge in [-0.25, -0.2) is 4.79 Å². The van der Waals surface area contributed by atoms with Crippen LogP contribution < -0.4 is 0 Å². The first kappa shape index (κ1) is 13.9. The Morgan fingerprint density at radius 2 is 2.05 bits per heavy atom. The molecule has 0 aromatic carbocycles. The number of amides is 1. The number of hydrogen-bond acceptors (Lipinski definition) is 4. The van der Waals surface area contributed by atoms with Crippen molar-refractivity contribution in [2.75, 3.05) is 32.9 Å². The average Bonchev–Trinajstić information content (AvgIpc) is 2.36. The van der Waals surface area contributed by atoms with Crippen molar-refractivity contribution in [2.24, 2.45) is 11.3 Å². The van der Waals surface area contributed by atoms with E-state index in [1.54, 1.807) is 0 Å². The van der Waals surface area contributed by atoms with Crippen LogP contribution in [0.2, 0.25) is 0 Å². The molecule has 1 amide bonds. The van der Waals surface area contributed by atoms with E-state index >= 15 is 0 Å². The zero-order valence-corrected chi connectivity index (χ0v) is 10.8. The van der Waals surface area contributed by atoms with E-state index in [1.807, 2.05) is 0 Å². The smallest absolute Gasteiger partial charge is 0.410 e. The van der Waals surface area contributed by atoms with E-state index in [4.69, 9.17) is 9.47 Å². The van der Waals surface area contributed by atoms with Crippen molar-refractivity contribution in [3.63, 3.8) is 0 Å². The Kier molecular flexibility index (Phi) is 4.09. The van der Waals surface area contributed by atoms with Crippen LogP contribution >= 0.6 is 0 Å². The van der Waals surface area contributed by atoms with Gasteiger partial charge in [0.15, 0.2) is 0 Å². The summed E-state index contributed by atoms with van der Waals surface area (Å²) in [5.74, 6) is -0.755. The van der Waals surface area contributed by atoms with E-state index in [1.165, 1.54) is 11.0 Å². The topological polar surface area (TPSA) is 76.1 Å². The molecule has 2 saturated heterocycles. The molecule has 2 heterocycles. The minimum Gasteiger partial charge on any atom is -0.481 e. The van der Waals surface area contributed by atoms with Gasteiger partial charge < -0.3 is 19.5 Å². The molecule has 2 fully saturated rings. The Balaban J connectivity index is 1.96. The molecule has 0 atom stereocenters. The molecule has 0 saturated carbocycles. The Morgan fingerprint density at radius 1 is 1.42 bits per heavy atom. The second kappa shape index (κ2) is 5.61. The molecule has 0 unspecified atom stereocenters. The maximum Gasteiger partial charge on any atom is 0.410 e. The summed E-state index contributed by atoms with van der Waals surface area (Å²) in [6.07, 6.45) is 2.49. The maximum absolute atomic E-state index is 11.6. The predicted molar refractivity (Wildman–Crippen MR) is 66.7 cm³/mol. The molecule has 2 aliphatic heterocycles. The second-order valence-corrected chi connectivity index (χ2v) is 5.07. The van der Waals surface area contributed by atoms with Crippen molar-refractivity contribution in [2.45, 2.75) is 12.8 Å². The first-order valence-corrected chi connectivity index (χ1v) is 6.44. The lowest BCUT2D eigenvalue weighted by Crippen LogP contribution is -2.66. The third kappa shape index (κ3) is 2.58. The number of hydrogen-bond donors (Lipinski definition) is 1. The summed E-state index contributed by atoms with van der Waals surface area (Å²) in [6, 6.07) is 0. The van der Waals surface area contributed by atoms with Crippen molar-refractivity contribution < 1.29 is 24.2 Å². The Labute approximate surface area is 112 Å². The standard InChI is InChI=1S/C13H19NO5/c1-2-5-19-12(17)14-8-13(9-14,11(15)16)10-3-6-18-7-4-10/h2,10H,1,3-9H2,(H,15,16). The fourth-order valence-corrected chi connectivity index (χ4v) is 2.80. The van der Waals surface area contributed by atoms with Crippen LogP contribution in [0.4, 0.5) is 4.79 Å². The number of carboxylic acid groups (broad SMARTS) is 1. The number of likely N-dealkylation sites (tertiary alicyclic amines) is 1. The Morgan fingerprint density at radius 3 is 2.58 bits per heavy atom. The highest BCUT2D eigenvalue weighted by atomic mass is 16.6. The minimum absolute atomic E-state index is 0.0715. The monoisotopic (exact) mass is 269 g/mol. The van der Waals surface area contributed by atoms with E-state index in [-0.39, 0.29) is 25.6 Å². The van der Waals surface area contributed by atoms with Crippen molar-refractivity contribution in [3.8, 4) is 0 Å². The lowest BCUT2D eigenvalue weighted by molar-refractivity contribution is -0.169. The molecule has 0 aromatic rings. The van der Waals surface area contributed by atoms with Crippen LogP contribution in [0.5, 0.6) is 0 Å². The fraction of sp³-hybridized carbons (Fsp3) is 0.692. The number of rotatable bonds is 4. The summed E-state index contributed by atoms with van der Waals surface area (Å²) in [7, 11) is 0. The fourth-order valence-electron chi connectivity index (χ4n) is 2.80. The quantitative estimate of drug-likeness (QED) is 0.774. The summed E-state index contributed by atoms with van der Waals surface area (Å²) in [5.41, 5.74) is -0.822. The predicted octanol–water partition coefficient (Wildman–Crippen LogP) is 1.12. The lowest BCUT2D eigenvalue weighted by Gasteiger charge is -2.51. The van der Waals surface area contributed by atoms with Crippen LogP contribution in [0.15, 0.2) is 12.7 Å². The number of nitrogens with zero attached hydrogens (tertiary/aromatic N) is 1. The van der Waals surface area contributed by atoms with Gasteiger partial charge in [0.1, 0.15) is 12.0 Å². The van der Waals surface area contributed by atoms with Gasteiger partial charge >= 0.3 is 12.1 Å². The maximum atomic E-state index is 11.6. The Bertz CT molecular complexity index is 369. The van der Waals surface area contributed by atoms with Crippen molar-refractivity contribution in [1.29, 1.82) is 0 Å². The van der Waals surface area contributed by atoms with Crippen LogP contribution in [-0.2, 0) is 14.3 Å². The number of carbonyl (C=O) groups is 2. The van der Waals surface area contributed by atoms with E-state index in [0.29, 0.717) is 13.2 Å². The van der Waals surface area contributed by atoms with E-state index < -0.39 is 17.5 Å². The van der Waals surface area contributed by atoms with Crippen LogP contribution in [0.3, 0.4) is 0 Å². The highest BCUT2D eigenvalue weighted by molar-refractivity contribution is 5.81. The highest BCUT2D eigenvalue weighted by Gasteiger charge is 2.56. The third-order valence-corrected chi connectivity index (χ3v) is 3.96. The zero-order valence-electron chi connectivity index (χ0n) is 10.8. The van der Waals surface area contributed by atoms with Crippen molar-refractivity contribution >= 4 is 12.1 Å². The molecule has 0 aliphatic carbocycles. The highest BCUT2D eigenvalue weighted by Crippen LogP contribution is 2.43. The average molecular weight is 269 g/mol. The summed E-state index contributed by atoms with van der Waals surface area (Å²) in [5, 5.41) is 9.48. The van der Waals surface area contributed by atoms with Gasteiger partial charge in [-0.2, -0.15) is 0 Å². The number of ether oxygens (including phenoxy) is 2. The molecule has 1 N–H and O–H groups in total. The van der Waals surface area contributed by atoms with E-state index in [9.17, 15) is 14.7 Å². The molecule has 0 bridgehead atoms. The van der Waals surface area contributed by atoms with Crippen LogP contribution in [0.25, 0.3) is 0 Å². The molecule has 0 spiro atoms. The van der Waals surface area contributed by atoms with E-state index in [2.05, 4.69) is 6.58 Å². The summed E-state index contributed by atoms with van der Waals surface area (Å²) < 4.78 is 10.2. The first-order valence-electron chi connectivity index (χ1n) is 6.44. The van der Waals surface area contributed by atoms with Gasteiger partial charge in [-0.15, -0.1) is 0 Å². The van der Waals surface area contributed by atoms with Gasteiger partial charge in [-0.1, -0.05) is 12.7 Å². The summed E-state index contributed by atoms with van der Waals surface area (Å²) >= 11 is 0. The molecule has 6 nitrogen and oxygen atoms in total. The van der Waals surface area contributed by atoms with E-state index in [0.717, 1.165) is 12.8 Å². The van der Waals surface area contributed by atoms with Gasteiger partial charge in [-0.3, -0.25) is 4.79 Å². The summed E-state index contributed by atoms with van der Waals surface area (Å²) in [6.45, 7) is 5.25. The van der Waals surface area contributed by atoms with Gasteiger partial charge in [0, 0.05) is 26.3 Å². The van der Waals surface area contributed by atoms with Gasteiger partial charge in [-0.05, 0) is 18.8 Å².